The Balaban J connectivity index is 2.72. The summed E-state index contributed by atoms with van der Waals surface area (Å²) in [5.41, 5.74) is 6.90. The molecule has 1 unspecified atom stereocenters. The largest absolute Gasteiger partial charge is 0.374 e. The number of hydrogen-bond acceptors (Lipinski definition) is 2. The standard InChI is InChI=1S/C16H22FNO/c1-12(2)9-13(3)19-11-15-6-7-16(17)10-14(15)5-4-8-18/h6-7,10,12-13H,8-9,11,18H2,1-3H3. The van der Waals surface area contributed by atoms with Crippen molar-refractivity contribution in [3.8, 4) is 11.8 Å². The molecular weight excluding hydrogens is 241 g/mol. The van der Waals surface area contributed by atoms with E-state index in [1.165, 1.54) is 12.1 Å². The summed E-state index contributed by atoms with van der Waals surface area (Å²) in [5, 5.41) is 0. The quantitative estimate of drug-likeness (QED) is 0.829. The summed E-state index contributed by atoms with van der Waals surface area (Å²) in [6, 6.07) is 4.58. The SMILES string of the molecule is CC(C)CC(C)OCc1ccc(F)cc1C#CCN. The second kappa shape index (κ2) is 7.93. The molecule has 0 amide bonds. The fraction of sp³-hybridized carbons (Fsp3) is 0.500. The first-order valence-electron chi connectivity index (χ1n) is 6.62. The number of hydrogen-bond donors (Lipinski definition) is 1. The van der Waals surface area contributed by atoms with Crippen molar-refractivity contribution >= 4 is 0 Å². The Bertz CT molecular complexity index is 460. The summed E-state index contributed by atoms with van der Waals surface area (Å²) in [6.45, 7) is 7.09. The number of rotatable bonds is 5. The predicted molar refractivity (Wildman–Crippen MR) is 76.0 cm³/mol. The summed E-state index contributed by atoms with van der Waals surface area (Å²) < 4.78 is 19.0. The van der Waals surface area contributed by atoms with E-state index in [1.54, 1.807) is 6.07 Å². The maximum absolute atomic E-state index is 13.2. The molecule has 19 heavy (non-hydrogen) atoms. The van der Waals surface area contributed by atoms with Crippen LogP contribution in [0.5, 0.6) is 0 Å². The summed E-state index contributed by atoms with van der Waals surface area (Å²) in [5.74, 6) is 5.94. The van der Waals surface area contributed by atoms with E-state index in [0.717, 1.165) is 12.0 Å². The monoisotopic (exact) mass is 263 g/mol. The van der Waals surface area contributed by atoms with Crippen LogP contribution in [0.1, 0.15) is 38.3 Å². The van der Waals surface area contributed by atoms with Crippen molar-refractivity contribution in [3.05, 3.63) is 35.1 Å². The first-order chi connectivity index (χ1) is 9.02. The van der Waals surface area contributed by atoms with Crippen LogP contribution in [0.3, 0.4) is 0 Å². The highest BCUT2D eigenvalue weighted by atomic mass is 19.1. The van der Waals surface area contributed by atoms with Gasteiger partial charge in [-0.3, -0.25) is 0 Å². The van der Waals surface area contributed by atoms with Crippen molar-refractivity contribution in [2.75, 3.05) is 6.54 Å². The maximum Gasteiger partial charge on any atom is 0.124 e. The Morgan fingerprint density at radius 3 is 2.68 bits per heavy atom. The molecule has 0 aliphatic heterocycles. The van der Waals surface area contributed by atoms with Crippen LogP contribution in [0, 0.1) is 23.6 Å². The molecule has 0 heterocycles. The highest BCUT2D eigenvalue weighted by Crippen LogP contribution is 2.15. The third kappa shape index (κ3) is 5.87. The highest BCUT2D eigenvalue weighted by molar-refractivity contribution is 5.41. The van der Waals surface area contributed by atoms with Crippen molar-refractivity contribution in [2.45, 2.75) is 39.9 Å². The Morgan fingerprint density at radius 1 is 1.32 bits per heavy atom. The van der Waals surface area contributed by atoms with Crippen LogP contribution in [-0.2, 0) is 11.3 Å². The van der Waals surface area contributed by atoms with Gasteiger partial charge in [-0.15, -0.1) is 0 Å². The first kappa shape index (κ1) is 15.7. The second-order valence-corrected chi connectivity index (χ2v) is 5.06. The van der Waals surface area contributed by atoms with Gasteiger partial charge in [0.15, 0.2) is 0 Å². The van der Waals surface area contributed by atoms with Gasteiger partial charge in [0.2, 0.25) is 0 Å². The molecule has 1 aromatic carbocycles. The average Bonchev–Trinajstić information content (AvgIpc) is 2.34. The molecule has 0 radical (unpaired) electrons. The van der Waals surface area contributed by atoms with Crippen LogP contribution >= 0.6 is 0 Å². The van der Waals surface area contributed by atoms with Crippen LogP contribution in [0.15, 0.2) is 18.2 Å². The molecule has 0 fully saturated rings. The van der Waals surface area contributed by atoms with Crippen molar-refractivity contribution in [3.63, 3.8) is 0 Å². The Hall–Kier alpha value is -1.37. The van der Waals surface area contributed by atoms with Crippen molar-refractivity contribution in [2.24, 2.45) is 11.7 Å². The molecule has 0 aliphatic rings. The third-order valence-corrected chi connectivity index (χ3v) is 2.72. The normalized spacial score (nSPS) is 12.1. The molecule has 0 aromatic heterocycles. The van der Waals surface area contributed by atoms with Gasteiger partial charge in [-0.2, -0.15) is 0 Å². The lowest BCUT2D eigenvalue weighted by Gasteiger charge is -2.15. The Kier molecular flexibility index (Phi) is 6.55. The minimum atomic E-state index is -0.291. The molecule has 1 aromatic rings. The van der Waals surface area contributed by atoms with Gasteiger partial charge in [-0.25, -0.2) is 4.39 Å². The summed E-state index contributed by atoms with van der Waals surface area (Å²) >= 11 is 0. The molecule has 3 heteroatoms. The molecule has 0 bridgehead atoms. The molecule has 2 N–H and O–H groups in total. The van der Waals surface area contributed by atoms with Gasteiger partial charge in [-0.1, -0.05) is 31.8 Å². The number of benzene rings is 1. The third-order valence-electron chi connectivity index (χ3n) is 2.72. The highest BCUT2D eigenvalue weighted by Gasteiger charge is 2.08. The molecule has 104 valence electrons. The van der Waals surface area contributed by atoms with Crippen LogP contribution in [0.25, 0.3) is 0 Å². The van der Waals surface area contributed by atoms with Gasteiger partial charge >= 0.3 is 0 Å². The minimum Gasteiger partial charge on any atom is -0.374 e. The van der Waals surface area contributed by atoms with Gasteiger partial charge in [-0.05, 0) is 37.0 Å². The van der Waals surface area contributed by atoms with E-state index in [-0.39, 0.29) is 18.5 Å². The van der Waals surface area contributed by atoms with Gasteiger partial charge in [0.05, 0.1) is 19.3 Å². The smallest absolute Gasteiger partial charge is 0.124 e. The average molecular weight is 263 g/mol. The number of halogens is 1. The number of ether oxygens (including phenoxy) is 1. The lowest BCUT2D eigenvalue weighted by molar-refractivity contribution is 0.0396. The number of nitrogens with two attached hydrogens (primary N) is 1. The van der Waals surface area contributed by atoms with Crippen molar-refractivity contribution in [1.82, 2.24) is 0 Å². The van der Waals surface area contributed by atoms with Crippen LogP contribution in [0.2, 0.25) is 0 Å². The molecule has 0 saturated heterocycles. The molecule has 0 aliphatic carbocycles. The fourth-order valence-corrected chi connectivity index (χ4v) is 1.90. The predicted octanol–water partition coefficient (Wildman–Crippen LogP) is 3.09. The molecule has 0 saturated carbocycles. The van der Waals surface area contributed by atoms with Crippen LogP contribution in [0.4, 0.5) is 4.39 Å². The van der Waals surface area contributed by atoms with Crippen LogP contribution < -0.4 is 5.73 Å². The summed E-state index contributed by atoms with van der Waals surface area (Å²) in [7, 11) is 0. The second-order valence-electron chi connectivity index (χ2n) is 5.06. The molecule has 0 spiro atoms. The molecule has 2 nitrogen and oxygen atoms in total. The zero-order valence-electron chi connectivity index (χ0n) is 11.9. The van der Waals surface area contributed by atoms with E-state index in [4.69, 9.17) is 10.5 Å². The van der Waals surface area contributed by atoms with Gasteiger partial charge in [0.25, 0.3) is 0 Å². The van der Waals surface area contributed by atoms with Gasteiger partial charge in [0.1, 0.15) is 5.82 Å². The van der Waals surface area contributed by atoms with E-state index < -0.39 is 0 Å². The molecule has 1 atom stereocenters. The summed E-state index contributed by atoms with van der Waals surface area (Å²) in [6.07, 6.45) is 1.19. The zero-order valence-corrected chi connectivity index (χ0v) is 11.9. The Morgan fingerprint density at radius 2 is 2.05 bits per heavy atom. The zero-order chi connectivity index (χ0) is 14.3. The lowest BCUT2D eigenvalue weighted by atomic mass is 10.1. The van der Waals surface area contributed by atoms with E-state index in [2.05, 4.69) is 32.6 Å². The van der Waals surface area contributed by atoms with E-state index in [9.17, 15) is 4.39 Å². The van der Waals surface area contributed by atoms with Gasteiger partial charge < -0.3 is 10.5 Å². The van der Waals surface area contributed by atoms with Gasteiger partial charge in [0, 0.05) is 5.56 Å². The maximum atomic E-state index is 13.2. The van der Waals surface area contributed by atoms with Crippen LogP contribution in [-0.4, -0.2) is 12.6 Å². The molecular formula is C16H22FNO. The summed E-state index contributed by atoms with van der Waals surface area (Å²) in [4.78, 5) is 0. The molecule has 1 rings (SSSR count). The van der Waals surface area contributed by atoms with E-state index >= 15 is 0 Å². The van der Waals surface area contributed by atoms with Crippen molar-refractivity contribution < 1.29 is 9.13 Å². The minimum absolute atomic E-state index is 0.181. The Labute approximate surface area is 115 Å². The van der Waals surface area contributed by atoms with E-state index in [1.807, 2.05) is 0 Å². The van der Waals surface area contributed by atoms with Crippen molar-refractivity contribution in [1.29, 1.82) is 0 Å². The fourth-order valence-electron chi connectivity index (χ4n) is 1.90. The lowest BCUT2D eigenvalue weighted by Crippen LogP contribution is -2.11. The first-order valence-corrected chi connectivity index (χ1v) is 6.62. The van der Waals surface area contributed by atoms with E-state index in [0.29, 0.717) is 18.1 Å². The topological polar surface area (TPSA) is 35.2 Å².